The summed E-state index contributed by atoms with van der Waals surface area (Å²) in [5.41, 5.74) is 1.85. The van der Waals surface area contributed by atoms with Gasteiger partial charge in [-0.15, -0.1) is 0 Å². The topological polar surface area (TPSA) is 12.0 Å². The molecular formula is C16H24ClN. The lowest BCUT2D eigenvalue weighted by Gasteiger charge is -2.43. The molecule has 0 aliphatic carbocycles. The summed E-state index contributed by atoms with van der Waals surface area (Å²) in [5, 5.41) is 4.27. The van der Waals surface area contributed by atoms with Crippen LogP contribution in [0, 0.1) is 0 Å². The molecule has 0 amide bonds. The van der Waals surface area contributed by atoms with E-state index < -0.39 is 0 Å². The molecule has 2 rings (SSSR count). The van der Waals surface area contributed by atoms with Gasteiger partial charge in [-0.2, -0.15) is 0 Å². The molecule has 1 aliphatic rings. The van der Waals surface area contributed by atoms with E-state index in [2.05, 4.69) is 24.4 Å². The van der Waals surface area contributed by atoms with Gasteiger partial charge in [0.2, 0.25) is 0 Å². The number of nitrogens with one attached hydrogen (secondary N) is 1. The predicted octanol–water partition coefficient (Wildman–Crippen LogP) is 4.54. The van der Waals surface area contributed by atoms with Crippen molar-refractivity contribution in [1.29, 1.82) is 0 Å². The minimum absolute atomic E-state index is 0.386. The Bertz CT molecular complexity index is 354. The Morgan fingerprint density at radius 1 is 1.06 bits per heavy atom. The molecule has 18 heavy (non-hydrogen) atoms. The van der Waals surface area contributed by atoms with Gasteiger partial charge in [0.1, 0.15) is 0 Å². The predicted molar refractivity (Wildman–Crippen MR) is 79.4 cm³/mol. The molecule has 0 spiro atoms. The zero-order valence-electron chi connectivity index (χ0n) is 11.3. The van der Waals surface area contributed by atoms with Gasteiger partial charge in [0, 0.05) is 23.5 Å². The monoisotopic (exact) mass is 265 g/mol. The zero-order valence-corrected chi connectivity index (χ0v) is 12.1. The van der Waals surface area contributed by atoms with Crippen molar-refractivity contribution < 1.29 is 0 Å². The van der Waals surface area contributed by atoms with Gasteiger partial charge in [-0.3, -0.25) is 0 Å². The Balaban J connectivity index is 1.88. The van der Waals surface area contributed by atoms with Gasteiger partial charge in [-0.25, -0.2) is 0 Å². The second-order valence-electron chi connectivity index (χ2n) is 5.55. The SMILES string of the molecule is CCCCCCCC1(c2ccc(Cl)cc2)CNC1. The summed E-state index contributed by atoms with van der Waals surface area (Å²) in [4.78, 5) is 0. The fourth-order valence-electron chi connectivity index (χ4n) is 2.82. The minimum atomic E-state index is 0.386. The average molecular weight is 266 g/mol. The summed E-state index contributed by atoms with van der Waals surface area (Å²) in [6, 6.07) is 8.45. The zero-order chi connectivity index (χ0) is 12.8. The van der Waals surface area contributed by atoms with Crippen LogP contribution in [0.2, 0.25) is 5.02 Å². The van der Waals surface area contributed by atoms with Gasteiger partial charge >= 0.3 is 0 Å². The van der Waals surface area contributed by atoms with E-state index in [-0.39, 0.29) is 0 Å². The molecule has 1 fully saturated rings. The highest BCUT2D eigenvalue weighted by molar-refractivity contribution is 6.30. The molecule has 1 aromatic rings. The lowest BCUT2D eigenvalue weighted by molar-refractivity contribution is 0.249. The van der Waals surface area contributed by atoms with E-state index in [0.29, 0.717) is 5.41 Å². The largest absolute Gasteiger partial charge is 0.315 e. The molecule has 0 bridgehead atoms. The summed E-state index contributed by atoms with van der Waals surface area (Å²) in [5.74, 6) is 0. The van der Waals surface area contributed by atoms with Crippen LogP contribution < -0.4 is 5.32 Å². The molecule has 1 heterocycles. The van der Waals surface area contributed by atoms with Crippen molar-refractivity contribution in [2.75, 3.05) is 13.1 Å². The highest BCUT2D eigenvalue weighted by atomic mass is 35.5. The van der Waals surface area contributed by atoms with E-state index in [1.54, 1.807) is 0 Å². The van der Waals surface area contributed by atoms with Crippen molar-refractivity contribution >= 4 is 11.6 Å². The highest BCUT2D eigenvalue weighted by Gasteiger charge is 2.37. The molecule has 0 saturated carbocycles. The molecule has 1 aliphatic heterocycles. The lowest BCUT2D eigenvalue weighted by atomic mass is 9.71. The van der Waals surface area contributed by atoms with Gasteiger partial charge in [-0.1, -0.05) is 62.8 Å². The molecule has 1 saturated heterocycles. The Morgan fingerprint density at radius 2 is 1.72 bits per heavy atom. The maximum absolute atomic E-state index is 5.97. The maximum atomic E-state index is 5.97. The quantitative estimate of drug-likeness (QED) is 0.714. The first-order valence-electron chi connectivity index (χ1n) is 7.24. The average Bonchev–Trinajstić information content (AvgIpc) is 2.33. The van der Waals surface area contributed by atoms with Gasteiger partial charge in [0.15, 0.2) is 0 Å². The Morgan fingerprint density at radius 3 is 2.28 bits per heavy atom. The molecule has 0 radical (unpaired) electrons. The van der Waals surface area contributed by atoms with Gasteiger partial charge in [0.25, 0.3) is 0 Å². The Kier molecular flexibility index (Phi) is 5.08. The number of unbranched alkanes of at least 4 members (excludes halogenated alkanes) is 4. The van der Waals surface area contributed by atoms with Crippen LogP contribution in [0.4, 0.5) is 0 Å². The second kappa shape index (κ2) is 6.58. The molecular weight excluding hydrogens is 242 g/mol. The van der Waals surface area contributed by atoms with Crippen LogP contribution in [0.25, 0.3) is 0 Å². The van der Waals surface area contributed by atoms with Crippen molar-refractivity contribution in [3.8, 4) is 0 Å². The minimum Gasteiger partial charge on any atom is -0.315 e. The van der Waals surface area contributed by atoms with Gasteiger partial charge in [0.05, 0.1) is 0 Å². The number of rotatable bonds is 7. The van der Waals surface area contributed by atoms with Crippen molar-refractivity contribution in [2.24, 2.45) is 0 Å². The van der Waals surface area contributed by atoms with E-state index in [9.17, 15) is 0 Å². The smallest absolute Gasteiger partial charge is 0.0406 e. The second-order valence-corrected chi connectivity index (χ2v) is 5.99. The van der Waals surface area contributed by atoms with Crippen LogP contribution in [0.3, 0.4) is 0 Å². The van der Waals surface area contributed by atoms with Crippen LogP contribution in [-0.2, 0) is 5.41 Å². The fourth-order valence-corrected chi connectivity index (χ4v) is 2.95. The van der Waals surface area contributed by atoms with Crippen molar-refractivity contribution in [3.63, 3.8) is 0 Å². The third-order valence-electron chi connectivity index (χ3n) is 4.14. The molecule has 100 valence electrons. The Hall–Kier alpha value is -0.530. The molecule has 1 N–H and O–H groups in total. The molecule has 1 nitrogen and oxygen atoms in total. The summed E-state index contributed by atoms with van der Waals surface area (Å²) in [6.45, 7) is 4.52. The molecule has 0 unspecified atom stereocenters. The first kappa shape index (κ1) is 13.9. The first-order chi connectivity index (χ1) is 8.77. The van der Waals surface area contributed by atoms with Gasteiger partial charge in [-0.05, 0) is 24.1 Å². The van der Waals surface area contributed by atoms with Crippen molar-refractivity contribution in [1.82, 2.24) is 5.32 Å². The molecule has 0 atom stereocenters. The summed E-state index contributed by atoms with van der Waals surface area (Å²) >= 11 is 5.97. The van der Waals surface area contributed by atoms with E-state index >= 15 is 0 Å². The lowest BCUT2D eigenvalue weighted by Crippen LogP contribution is -2.56. The third kappa shape index (κ3) is 3.27. The normalized spacial score (nSPS) is 17.4. The summed E-state index contributed by atoms with van der Waals surface area (Å²) in [7, 11) is 0. The van der Waals surface area contributed by atoms with E-state index in [1.165, 1.54) is 44.1 Å². The molecule has 0 aromatic heterocycles. The number of halogens is 1. The van der Waals surface area contributed by atoms with Crippen LogP contribution in [0.15, 0.2) is 24.3 Å². The van der Waals surface area contributed by atoms with Crippen LogP contribution in [0.5, 0.6) is 0 Å². The highest BCUT2D eigenvalue weighted by Crippen LogP contribution is 2.34. The number of hydrogen-bond donors (Lipinski definition) is 1. The molecule has 1 aromatic carbocycles. The van der Waals surface area contributed by atoms with Gasteiger partial charge < -0.3 is 5.32 Å². The third-order valence-corrected chi connectivity index (χ3v) is 4.39. The van der Waals surface area contributed by atoms with Crippen molar-refractivity contribution in [3.05, 3.63) is 34.9 Å². The Labute approximate surface area is 116 Å². The van der Waals surface area contributed by atoms with E-state index in [4.69, 9.17) is 11.6 Å². The fraction of sp³-hybridized carbons (Fsp3) is 0.625. The van der Waals surface area contributed by atoms with Crippen molar-refractivity contribution in [2.45, 2.75) is 50.9 Å². The van der Waals surface area contributed by atoms with Crippen LogP contribution in [-0.4, -0.2) is 13.1 Å². The van der Waals surface area contributed by atoms with E-state index in [1.807, 2.05) is 12.1 Å². The first-order valence-corrected chi connectivity index (χ1v) is 7.61. The maximum Gasteiger partial charge on any atom is 0.0406 e. The summed E-state index contributed by atoms with van der Waals surface area (Å²) in [6.07, 6.45) is 8.13. The number of benzene rings is 1. The molecule has 2 heteroatoms. The van der Waals surface area contributed by atoms with E-state index in [0.717, 1.165) is 18.1 Å². The number of hydrogen-bond acceptors (Lipinski definition) is 1. The summed E-state index contributed by atoms with van der Waals surface area (Å²) < 4.78 is 0. The van der Waals surface area contributed by atoms with Crippen LogP contribution in [0.1, 0.15) is 51.0 Å². The van der Waals surface area contributed by atoms with Crippen LogP contribution >= 0.6 is 11.6 Å². The standard InChI is InChI=1S/C16H24ClN/c1-2-3-4-5-6-11-16(12-18-13-16)14-7-9-15(17)10-8-14/h7-10,18H,2-6,11-13H2,1H3.